The minimum absolute atomic E-state index is 0.0788. The molecule has 0 spiro atoms. The maximum absolute atomic E-state index is 12.2. The zero-order valence-corrected chi connectivity index (χ0v) is 12.9. The molecule has 6 heteroatoms. The summed E-state index contributed by atoms with van der Waals surface area (Å²) in [7, 11) is 3.06. The highest BCUT2D eigenvalue weighted by Crippen LogP contribution is 2.24. The molecular weight excluding hydrogens is 296 g/mol. The van der Waals surface area contributed by atoms with Crippen LogP contribution in [-0.2, 0) is 11.2 Å². The van der Waals surface area contributed by atoms with Gasteiger partial charge in [-0.1, -0.05) is 12.1 Å². The van der Waals surface area contributed by atoms with Crippen LogP contribution in [0.1, 0.15) is 15.9 Å². The van der Waals surface area contributed by atoms with Gasteiger partial charge in [0.25, 0.3) is 5.91 Å². The lowest BCUT2D eigenvalue weighted by Gasteiger charge is -2.09. The number of ether oxygens (including phenoxy) is 1. The number of aromatic hydroxyl groups is 1. The first-order valence-corrected chi connectivity index (χ1v) is 7.01. The first-order valence-electron chi connectivity index (χ1n) is 7.01. The maximum Gasteiger partial charge on any atom is 0.259 e. The number of hydrogen-bond acceptors (Lipinski definition) is 4. The lowest BCUT2D eigenvalue weighted by Crippen LogP contribution is -2.19. The lowest BCUT2D eigenvalue weighted by atomic mass is 10.1. The van der Waals surface area contributed by atoms with Crippen LogP contribution in [0.2, 0.25) is 0 Å². The SMILES string of the molecule is CNC(=O)Cc1ccc(NC(=O)c2ccc(OC)cc2O)cc1. The molecule has 0 aliphatic rings. The third-order valence-corrected chi connectivity index (χ3v) is 3.30. The minimum Gasteiger partial charge on any atom is -0.507 e. The van der Waals surface area contributed by atoms with Gasteiger partial charge >= 0.3 is 0 Å². The summed E-state index contributed by atoms with van der Waals surface area (Å²) < 4.78 is 4.98. The zero-order valence-electron chi connectivity index (χ0n) is 12.9. The molecule has 0 unspecified atom stereocenters. The molecule has 0 heterocycles. The van der Waals surface area contributed by atoms with Crippen LogP contribution in [-0.4, -0.2) is 31.1 Å². The number of carbonyl (C=O) groups is 2. The molecule has 2 aromatic rings. The summed E-state index contributed by atoms with van der Waals surface area (Å²) in [6, 6.07) is 11.4. The molecule has 2 rings (SSSR count). The van der Waals surface area contributed by atoms with Crippen molar-refractivity contribution in [3.8, 4) is 11.5 Å². The summed E-state index contributed by atoms with van der Waals surface area (Å²) in [6.07, 6.45) is 0.282. The Bertz CT molecular complexity index is 711. The summed E-state index contributed by atoms with van der Waals surface area (Å²) in [6.45, 7) is 0. The van der Waals surface area contributed by atoms with E-state index in [-0.39, 0.29) is 23.6 Å². The smallest absolute Gasteiger partial charge is 0.259 e. The second-order valence-electron chi connectivity index (χ2n) is 4.88. The normalized spacial score (nSPS) is 10.0. The topological polar surface area (TPSA) is 87.7 Å². The van der Waals surface area contributed by atoms with E-state index in [1.807, 2.05) is 0 Å². The number of rotatable bonds is 5. The summed E-state index contributed by atoms with van der Waals surface area (Å²) in [5.41, 5.74) is 1.57. The van der Waals surface area contributed by atoms with Crippen LogP contribution in [0.15, 0.2) is 42.5 Å². The quantitative estimate of drug-likeness (QED) is 0.787. The van der Waals surface area contributed by atoms with Gasteiger partial charge in [0.15, 0.2) is 0 Å². The molecule has 0 bridgehead atoms. The van der Waals surface area contributed by atoms with Gasteiger partial charge in [-0.05, 0) is 29.8 Å². The molecule has 23 heavy (non-hydrogen) atoms. The first-order chi connectivity index (χ1) is 11.0. The minimum atomic E-state index is -0.427. The van der Waals surface area contributed by atoms with Crippen LogP contribution >= 0.6 is 0 Å². The van der Waals surface area contributed by atoms with Crippen molar-refractivity contribution in [3.05, 3.63) is 53.6 Å². The van der Waals surface area contributed by atoms with Crippen molar-refractivity contribution in [2.45, 2.75) is 6.42 Å². The molecule has 2 aromatic carbocycles. The number of likely N-dealkylation sites (N-methyl/N-ethyl adjacent to an activating group) is 1. The zero-order chi connectivity index (χ0) is 16.8. The first kappa shape index (κ1) is 16.4. The Labute approximate surface area is 134 Å². The van der Waals surface area contributed by atoms with Crippen LogP contribution in [0.25, 0.3) is 0 Å². The molecule has 0 aliphatic heterocycles. The average molecular weight is 314 g/mol. The van der Waals surface area contributed by atoms with Crippen molar-refractivity contribution in [2.75, 3.05) is 19.5 Å². The molecule has 0 aliphatic carbocycles. The molecule has 0 fully saturated rings. The molecule has 0 atom stereocenters. The number of hydrogen-bond donors (Lipinski definition) is 3. The Kier molecular flexibility index (Phi) is 5.19. The van der Waals surface area contributed by atoms with Gasteiger partial charge in [0.2, 0.25) is 5.91 Å². The average Bonchev–Trinajstić information content (AvgIpc) is 2.56. The van der Waals surface area contributed by atoms with Gasteiger partial charge in [0.1, 0.15) is 11.5 Å². The Morgan fingerprint density at radius 3 is 2.39 bits per heavy atom. The van der Waals surface area contributed by atoms with Crippen molar-refractivity contribution >= 4 is 17.5 Å². The van der Waals surface area contributed by atoms with Crippen LogP contribution in [0.5, 0.6) is 11.5 Å². The Hall–Kier alpha value is -3.02. The Morgan fingerprint density at radius 1 is 1.13 bits per heavy atom. The van der Waals surface area contributed by atoms with Crippen molar-refractivity contribution in [1.82, 2.24) is 5.32 Å². The number of anilines is 1. The molecule has 6 nitrogen and oxygen atoms in total. The highest BCUT2D eigenvalue weighted by molar-refractivity contribution is 6.06. The highest BCUT2D eigenvalue weighted by Gasteiger charge is 2.12. The number of phenols is 1. The van der Waals surface area contributed by atoms with Crippen molar-refractivity contribution in [2.24, 2.45) is 0 Å². The van der Waals surface area contributed by atoms with Crippen molar-refractivity contribution in [1.29, 1.82) is 0 Å². The van der Waals surface area contributed by atoms with Gasteiger partial charge in [-0.2, -0.15) is 0 Å². The summed E-state index contributed by atoms with van der Waals surface area (Å²) in [4.78, 5) is 23.5. The fourth-order valence-corrected chi connectivity index (χ4v) is 2.01. The van der Waals surface area contributed by atoms with Crippen molar-refractivity contribution in [3.63, 3.8) is 0 Å². The number of methoxy groups -OCH3 is 1. The molecule has 120 valence electrons. The monoisotopic (exact) mass is 314 g/mol. The molecule has 2 amide bonds. The summed E-state index contributed by atoms with van der Waals surface area (Å²) in [5, 5.41) is 15.1. The summed E-state index contributed by atoms with van der Waals surface area (Å²) in [5.74, 6) is -0.190. The van der Waals surface area contributed by atoms with E-state index in [4.69, 9.17) is 4.74 Å². The lowest BCUT2D eigenvalue weighted by molar-refractivity contribution is -0.119. The second-order valence-corrected chi connectivity index (χ2v) is 4.88. The molecule has 3 N–H and O–H groups in total. The fourth-order valence-electron chi connectivity index (χ4n) is 2.01. The predicted octanol–water partition coefficient (Wildman–Crippen LogP) is 1.94. The number of nitrogens with one attached hydrogen (secondary N) is 2. The van der Waals surface area contributed by atoms with Crippen LogP contribution in [0.3, 0.4) is 0 Å². The third-order valence-electron chi connectivity index (χ3n) is 3.30. The van der Waals surface area contributed by atoms with E-state index >= 15 is 0 Å². The molecule has 0 saturated heterocycles. The number of amides is 2. The van der Waals surface area contributed by atoms with Gasteiger partial charge in [-0.15, -0.1) is 0 Å². The van der Waals surface area contributed by atoms with E-state index in [1.165, 1.54) is 19.2 Å². The largest absolute Gasteiger partial charge is 0.507 e. The number of benzene rings is 2. The molecule has 0 aromatic heterocycles. The maximum atomic E-state index is 12.2. The van der Waals surface area contributed by atoms with E-state index in [1.54, 1.807) is 37.4 Å². The standard InChI is InChI=1S/C17H18N2O4/c1-18-16(21)9-11-3-5-12(6-4-11)19-17(22)14-8-7-13(23-2)10-15(14)20/h3-8,10,20H,9H2,1-2H3,(H,18,21)(H,19,22). The molecule has 0 radical (unpaired) electrons. The van der Waals surface area contributed by atoms with E-state index in [0.717, 1.165) is 5.56 Å². The van der Waals surface area contributed by atoms with E-state index in [9.17, 15) is 14.7 Å². The highest BCUT2D eigenvalue weighted by atomic mass is 16.5. The van der Waals surface area contributed by atoms with Crippen molar-refractivity contribution < 1.29 is 19.4 Å². The summed E-state index contributed by atoms with van der Waals surface area (Å²) >= 11 is 0. The van der Waals surface area contributed by atoms with Gasteiger partial charge < -0.3 is 20.5 Å². The Morgan fingerprint density at radius 2 is 1.83 bits per heavy atom. The van der Waals surface area contributed by atoms with Gasteiger partial charge in [0, 0.05) is 18.8 Å². The molecule has 0 saturated carbocycles. The number of phenolic OH excluding ortho intramolecular Hbond substituents is 1. The number of carbonyl (C=O) groups excluding carboxylic acids is 2. The second kappa shape index (κ2) is 7.31. The third kappa shape index (κ3) is 4.23. The van der Waals surface area contributed by atoms with E-state index in [2.05, 4.69) is 10.6 Å². The Balaban J connectivity index is 2.07. The van der Waals surface area contributed by atoms with Crippen LogP contribution in [0, 0.1) is 0 Å². The fraction of sp³-hybridized carbons (Fsp3) is 0.176. The van der Waals surface area contributed by atoms with Crippen LogP contribution < -0.4 is 15.4 Å². The van der Waals surface area contributed by atoms with Gasteiger partial charge in [-0.3, -0.25) is 9.59 Å². The predicted molar refractivity (Wildman–Crippen MR) is 86.8 cm³/mol. The van der Waals surface area contributed by atoms with Gasteiger partial charge in [0.05, 0.1) is 19.1 Å². The molecular formula is C17H18N2O4. The van der Waals surface area contributed by atoms with Gasteiger partial charge in [-0.25, -0.2) is 0 Å². The van der Waals surface area contributed by atoms with E-state index < -0.39 is 5.91 Å². The van der Waals surface area contributed by atoms with Crippen LogP contribution in [0.4, 0.5) is 5.69 Å². The van der Waals surface area contributed by atoms with E-state index in [0.29, 0.717) is 11.4 Å².